The molecule has 0 spiro atoms. The van der Waals surface area contributed by atoms with E-state index >= 15 is 4.39 Å². The van der Waals surface area contributed by atoms with E-state index in [0.717, 1.165) is 66.7 Å². The molecular weight excluding hydrogens is 623 g/mol. The number of rotatable bonds is 7. The number of benzene rings is 2. The third-order valence-electron chi connectivity index (χ3n) is 10.2. The molecule has 3 aliphatic rings. The molecule has 1 saturated heterocycles. The van der Waals surface area contributed by atoms with E-state index in [2.05, 4.69) is 12.1 Å². The zero-order valence-electron chi connectivity index (χ0n) is 29.3. The Balaban J connectivity index is 1.24. The van der Waals surface area contributed by atoms with Crippen molar-refractivity contribution in [3.8, 4) is 22.8 Å². The van der Waals surface area contributed by atoms with Gasteiger partial charge in [0.2, 0.25) is 6.79 Å². The Hall–Kier alpha value is -4.31. The number of nitrogens with zero attached hydrogens (tertiary/aromatic N) is 4. The number of aromatic nitrogens is 3. The molecule has 0 radical (unpaired) electrons. The van der Waals surface area contributed by atoms with Gasteiger partial charge in [-0.05, 0) is 133 Å². The number of Topliss-reactive ketones (excluding diaryl/α,β-unsaturated/α-hetero) is 1. The summed E-state index contributed by atoms with van der Waals surface area (Å²) in [5.41, 5.74) is 6.32. The maximum absolute atomic E-state index is 15.8. The standard InChI is InChI=1S/C39H45FN4O5/c1-22-27-9-7-8-10-28(27)30(40)19-29(22)36-35(37(24(3)45)49-39(4,5)6)23(2)41-34-20-31(42-44(34)36)38(46)43-15-13-25(14-16-43)17-26-11-12-32-33(18-26)48-21-47-32/h11-12,18-20,25,37H,7-10,13-17,21H2,1-6H3. The van der Waals surface area contributed by atoms with Crippen molar-refractivity contribution < 1.29 is 28.2 Å². The largest absolute Gasteiger partial charge is 0.454 e. The first-order valence-corrected chi connectivity index (χ1v) is 17.5. The molecule has 1 amide bonds. The Morgan fingerprint density at radius 2 is 1.73 bits per heavy atom. The first-order chi connectivity index (χ1) is 23.4. The molecular formula is C39H45FN4O5. The van der Waals surface area contributed by atoms with Crippen molar-refractivity contribution >= 4 is 17.3 Å². The maximum Gasteiger partial charge on any atom is 0.274 e. The molecule has 1 unspecified atom stereocenters. The van der Waals surface area contributed by atoms with Crippen molar-refractivity contribution in [3.63, 3.8) is 0 Å². The topological polar surface area (TPSA) is 95.3 Å². The molecule has 0 bridgehead atoms. The lowest BCUT2D eigenvalue weighted by molar-refractivity contribution is -0.138. The summed E-state index contributed by atoms with van der Waals surface area (Å²) >= 11 is 0. The average molecular weight is 669 g/mol. The molecule has 1 fully saturated rings. The van der Waals surface area contributed by atoms with E-state index < -0.39 is 11.7 Å². The van der Waals surface area contributed by atoms with Crippen LogP contribution >= 0.6 is 0 Å². The van der Waals surface area contributed by atoms with Crippen LogP contribution in [0.4, 0.5) is 4.39 Å². The second kappa shape index (κ2) is 12.9. The Bertz CT molecular complexity index is 1950. The molecule has 4 heterocycles. The van der Waals surface area contributed by atoms with Crippen molar-refractivity contribution in [2.45, 2.75) is 98.2 Å². The van der Waals surface area contributed by atoms with Crippen LogP contribution < -0.4 is 9.47 Å². The van der Waals surface area contributed by atoms with Gasteiger partial charge in [-0.15, -0.1) is 0 Å². The Kier molecular flexibility index (Phi) is 8.71. The fourth-order valence-corrected chi connectivity index (χ4v) is 7.73. The van der Waals surface area contributed by atoms with E-state index in [4.69, 9.17) is 24.3 Å². The molecule has 2 aliphatic heterocycles. The lowest BCUT2D eigenvalue weighted by atomic mass is 9.84. The number of ether oxygens (including phenoxy) is 3. The second-order valence-corrected chi connectivity index (χ2v) is 14.8. The third-order valence-corrected chi connectivity index (χ3v) is 10.2. The van der Waals surface area contributed by atoms with Gasteiger partial charge in [0.15, 0.2) is 28.6 Å². The molecule has 4 aromatic rings. The number of carbonyl (C=O) groups is 2. The van der Waals surface area contributed by atoms with Gasteiger partial charge >= 0.3 is 0 Å². The molecule has 1 atom stereocenters. The summed E-state index contributed by atoms with van der Waals surface area (Å²) in [5.74, 6) is 1.39. The smallest absolute Gasteiger partial charge is 0.274 e. The van der Waals surface area contributed by atoms with Crippen LogP contribution in [0.1, 0.15) is 103 Å². The van der Waals surface area contributed by atoms with Crippen LogP contribution in [0, 0.1) is 25.6 Å². The molecule has 0 saturated carbocycles. The molecule has 49 heavy (non-hydrogen) atoms. The van der Waals surface area contributed by atoms with Crippen molar-refractivity contribution in [2.24, 2.45) is 5.92 Å². The summed E-state index contributed by atoms with van der Waals surface area (Å²) in [6.07, 6.45) is 5.14. The summed E-state index contributed by atoms with van der Waals surface area (Å²) in [6.45, 7) is 12.5. The number of likely N-dealkylation sites (tertiary alicyclic amines) is 1. The molecule has 0 N–H and O–H groups in total. The number of piperidine rings is 1. The highest BCUT2D eigenvalue weighted by Crippen LogP contribution is 2.41. The van der Waals surface area contributed by atoms with Crippen LogP contribution in [0.5, 0.6) is 11.5 Å². The third kappa shape index (κ3) is 6.43. The average Bonchev–Trinajstić information content (AvgIpc) is 3.71. The number of ketones is 1. The van der Waals surface area contributed by atoms with Crippen LogP contribution in [-0.2, 0) is 28.8 Å². The van der Waals surface area contributed by atoms with Gasteiger partial charge in [0.1, 0.15) is 11.9 Å². The number of hydrogen-bond donors (Lipinski definition) is 0. The summed E-state index contributed by atoms with van der Waals surface area (Å²) in [5, 5.41) is 4.85. The number of fused-ring (bicyclic) bond motifs is 3. The van der Waals surface area contributed by atoms with Gasteiger partial charge in [-0.2, -0.15) is 5.10 Å². The first kappa shape index (κ1) is 33.2. The first-order valence-electron chi connectivity index (χ1n) is 17.5. The number of halogens is 1. The van der Waals surface area contributed by atoms with Crippen molar-refractivity contribution in [1.82, 2.24) is 19.5 Å². The molecule has 258 valence electrons. The SMILES string of the molecule is CC(=O)C(OC(C)(C)C)c1c(C)nc2cc(C(=O)N3CCC(Cc4ccc5c(c4)OCO5)CC3)nn2c1-c1cc(F)c2c(c1C)CCCC2. The summed E-state index contributed by atoms with van der Waals surface area (Å²) in [7, 11) is 0. The van der Waals surface area contributed by atoms with Gasteiger partial charge in [-0.25, -0.2) is 13.9 Å². The van der Waals surface area contributed by atoms with Crippen molar-refractivity contribution in [1.29, 1.82) is 0 Å². The monoisotopic (exact) mass is 668 g/mol. The van der Waals surface area contributed by atoms with Crippen LogP contribution in [0.15, 0.2) is 30.3 Å². The molecule has 7 rings (SSSR count). The number of carbonyl (C=O) groups excluding carboxylic acids is 2. The minimum absolute atomic E-state index is 0.167. The summed E-state index contributed by atoms with van der Waals surface area (Å²) in [6, 6.07) is 9.38. The van der Waals surface area contributed by atoms with Gasteiger partial charge < -0.3 is 19.1 Å². The van der Waals surface area contributed by atoms with Gasteiger partial charge in [-0.3, -0.25) is 9.59 Å². The lowest BCUT2D eigenvalue weighted by Crippen LogP contribution is -2.39. The van der Waals surface area contributed by atoms with Gasteiger partial charge in [-0.1, -0.05) is 6.07 Å². The predicted octanol–water partition coefficient (Wildman–Crippen LogP) is 7.30. The Labute approximate surface area is 286 Å². The van der Waals surface area contributed by atoms with Crippen molar-refractivity contribution in [3.05, 3.63) is 75.4 Å². The Morgan fingerprint density at radius 1 is 1.02 bits per heavy atom. The molecule has 2 aromatic heterocycles. The summed E-state index contributed by atoms with van der Waals surface area (Å²) in [4.78, 5) is 33.9. The number of hydrogen-bond acceptors (Lipinski definition) is 7. The second-order valence-electron chi connectivity index (χ2n) is 14.8. The van der Waals surface area contributed by atoms with Crippen LogP contribution in [-0.4, -0.2) is 56.7 Å². The van der Waals surface area contributed by atoms with E-state index in [-0.39, 0.29) is 30.0 Å². The highest BCUT2D eigenvalue weighted by atomic mass is 19.1. The normalized spacial score (nSPS) is 17.0. The Morgan fingerprint density at radius 3 is 2.45 bits per heavy atom. The number of amides is 1. The van der Waals surface area contributed by atoms with E-state index in [0.29, 0.717) is 53.6 Å². The zero-order chi connectivity index (χ0) is 34.6. The van der Waals surface area contributed by atoms with E-state index in [1.807, 2.05) is 45.6 Å². The van der Waals surface area contributed by atoms with E-state index in [1.54, 1.807) is 16.6 Å². The van der Waals surface area contributed by atoms with Gasteiger partial charge in [0, 0.05) is 36.0 Å². The molecule has 9 nitrogen and oxygen atoms in total. The molecule has 2 aromatic carbocycles. The van der Waals surface area contributed by atoms with Crippen LogP contribution in [0.25, 0.3) is 16.9 Å². The van der Waals surface area contributed by atoms with E-state index in [1.165, 1.54) is 12.5 Å². The van der Waals surface area contributed by atoms with Gasteiger partial charge in [0.25, 0.3) is 5.91 Å². The highest BCUT2D eigenvalue weighted by molar-refractivity contribution is 5.94. The lowest BCUT2D eigenvalue weighted by Gasteiger charge is -2.31. The quantitative estimate of drug-likeness (QED) is 0.204. The highest BCUT2D eigenvalue weighted by Gasteiger charge is 2.34. The van der Waals surface area contributed by atoms with Gasteiger partial charge in [0.05, 0.1) is 11.3 Å². The maximum atomic E-state index is 15.8. The fraction of sp³-hybridized carbons (Fsp3) is 0.487. The fourth-order valence-electron chi connectivity index (χ4n) is 7.73. The minimum atomic E-state index is -0.961. The minimum Gasteiger partial charge on any atom is -0.454 e. The molecule has 1 aliphatic carbocycles. The van der Waals surface area contributed by atoms with Crippen LogP contribution in [0.3, 0.4) is 0 Å². The van der Waals surface area contributed by atoms with Crippen molar-refractivity contribution in [2.75, 3.05) is 19.9 Å². The van der Waals surface area contributed by atoms with Crippen LogP contribution in [0.2, 0.25) is 0 Å². The molecule has 10 heteroatoms. The van der Waals surface area contributed by atoms with E-state index in [9.17, 15) is 9.59 Å². The predicted molar refractivity (Wildman–Crippen MR) is 184 cm³/mol. The zero-order valence-corrected chi connectivity index (χ0v) is 29.3. The summed E-state index contributed by atoms with van der Waals surface area (Å²) < 4.78 is 34.8. The number of aryl methyl sites for hydroxylation is 1.